The van der Waals surface area contributed by atoms with E-state index in [2.05, 4.69) is 0 Å². The molecule has 0 heterocycles. The highest BCUT2D eigenvalue weighted by Crippen LogP contribution is 2.30. The van der Waals surface area contributed by atoms with Gasteiger partial charge in [-0.2, -0.15) is 8.42 Å². The summed E-state index contributed by atoms with van der Waals surface area (Å²) in [6.45, 7) is 0. The topological polar surface area (TPSA) is 54.4 Å². The molecule has 66 valence electrons. The molecule has 1 aliphatic carbocycles. The molecule has 0 spiro atoms. The van der Waals surface area contributed by atoms with E-state index in [0.29, 0.717) is 0 Å². The lowest BCUT2D eigenvalue weighted by Gasteiger charge is -2.29. The summed E-state index contributed by atoms with van der Waals surface area (Å²) in [4.78, 5) is 0. The molecule has 1 fully saturated rings. The van der Waals surface area contributed by atoms with Crippen LogP contribution in [0.3, 0.4) is 0 Å². The third kappa shape index (κ3) is 2.75. The van der Waals surface area contributed by atoms with Gasteiger partial charge in [0.05, 0.1) is 6.10 Å². The standard InChI is InChI=1S/C6H11FO3S/c7-11(9,10)4-6(8)5-2-1-3-5/h5-6,8H,1-4H2. The van der Waals surface area contributed by atoms with E-state index in [1.54, 1.807) is 0 Å². The summed E-state index contributed by atoms with van der Waals surface area (Å²) in [5.41, 5.74) is 0. The molecule has 0 radical (unpaired) electrons. The van der Waals surface area contributed by atoms with Gasteiger partial charge in [-0.3, -0.25) is 0 Å². The van der Waals surface area contributed by atoms with Crippen molar-refractivity contribution in [2.24, 2.45) is 5.92 Å². The second-order valence-electron chi connectivity index (χ2n) is 2.96. The first kappa shape index (κ1) is 8.93. The largest absolute Gasteiger partial charge is 0.392 e. The van der Waals surface area contributed by atoms with Gasteiger partial charge in [-0.15, -0.1) is 3.89 Å². The Morgan fingerprint density at radius 2 is 2.09 bits per heavy atom. The average Bonchev–Trinajstić information content (AvgIpc) is 1.50. The van der Waals surface area contributed by atoms with Gasteiger partial charge in [0.25, 0.3) is 0 Å². The van der Waals surface area contributed by atoms with Crippen LogP contribution in [0.4, 0.5) is 3.89 Å². The van der Waals surface area contributed by atoms with Crippen molar-refractivity contribution in [2.45, 2.75) is 25.4 Å². The third-order valence-corrected chi connectivity index (χ3v) is 2.80. The van der Waals surface area contributed by atoms with Gasteiger partial charge in [0.2, 0.25) is 0 Å². The van der Waals surface area contributed by atoms with E-state index in [1.807, 2.05) is 0 Å². The van der Waals surface area contributed by atoms with Gasteiger partial charge in [0.15, 0.2) is 0 Å². The number of halogens is 1. The van der Waals surface area contributed by atoms with Crippen molar-refractivity contribution in [1.29, 1.82) is 0 Å². The van der Waals surface area contributed by atoms with Crippen LogP contribution < -0.4 is 0 Å². The summed E-state index contributed by atoms with van der Waals surface area (Å²) in [5.74, 6) is -0.738. The van der Waals surface area contributed by atoms with Gasteiger partial charge in [0, 0.05) is 0 Å². The molecular formula is C6H11FO3S. The highest BCUT2D eigenvalue weighted by Gasteiger charge is 2.29. The van der Waals surface area contributed by atoms with E-state index in [4.69, 9.17) is 5.11 Å². The molecule has 0 saturated heterocycles. The molecule has 1 atom stereocenters. The fourth-order valence-electron chi connectivity index (χ4n) is 1.16. The lowest BCUT2D eigenvalue weighted by molar-refractivity contribution is 0.0797. The third-order valence-electron chi connectivity index (χ3n) is 2.06. The van der Waals surface area contributed by atoms with E-state index in [1.165, 1.54) is 0 Å². The Hall–Kier alpha value is -0.160. The average molecular weight is 182 g/mol. The zero-order valence-corrected chi connectivity index (χ0v) is 6.85. The van der Waals surface area contributed by atoms with Crippen LogP contribution in [-0.4, -0.2) is 25.4 Å². The molecule has 0 aromatic heterocycles. The number of hydrogen-bond donors (Lipinski definition) is 1. The van der Waals surface area contributed by atoms with Crippen molar-refractivity contribution in [1.82, 2.24) is 0 Å². The first-order valence-electron chi connectivity index (χ1n) is 3.59. The van der Waals surface area contributed by atoms with Gasteiger partial charge in [0.1, 0.15) is 5.75 Å². The SMILES string of the molecule is O=S(=O)(F)CC(O)C1CCC1. The van der Waals surface area contributed by atoms with Crippen molar-refractivity contribution in [3.05, 3.63) is 0 Å². The summed E-state index contributed by atoms with van der Waals surface area (Å²) in [6, 6.07) is 0. The van der Waals surface area contributed by atoms with E-state index < -0.39 is 22.1 Å². The van der Waals surface area contributed by atoms with Crippen LogP contribution in [0.25, 0.3) is 0 Å². The first-order valence-corrected chi connectivity index (χ1v) is 5.15. The van der Waals surface area contributed by atoms with Crippen LogP contribution in [0.15, 0.2) is 0 Å². The maximum atomic E-state index is 12.0. The normalized spacial score (nSPS) is 22.7. The lowest BCUT2D eigenvalue weighted by atomic mass is 9.82. The zero-order valence-electron chi connectivity index (χ0n) is 6.03. The van der Waals surface area contributed by atoms with Crippen LogP contribution in [0.2, 0.25) is 0 Å². The summed E-state index contributed by atoms with van der Waals surface area (Å²) >= 11 is 0. The Kier molecular flexibility index (Phi) is 2.49. The van der Waals surface area contributed by atoms with Crippen molar-refractivity contribution < 1.29 is 17.4 Å². The molecule has 0 bridgehead atoms. The summed E-state index contributed by atoms with van der Waals surface area (Å²) in [5, 5.41) is 9.09. The smallest absolute Gasteiger partial charge is 0.304 e. The number of hydrogen-bond acceptors (Lipinski definition) is 3. The minimum absolute atomic E-state index is 0.000486. The maximum absolute atomic E-state index is 12.0. The fraction of sp³-hybridized carbons (Fsp3) is 1.00. The Balaban J connectivity index is 2.36. The van der Waals surface area contributed by atoms with Crippen LogP contribution >= 0.6 is 0 Å². The molecular weight excluding hydrogens is 171 g/mol. The van der Waals surface area contributed by atoms with Crippen molar-refractivity contribution in [3.63, 3.8) is 0 Å². The molecule has 1 aliphatic rings. The lowest BCUT2D eigenvalue weighted by Crippen LogP contribution is -2.31. The quantitative estimate of drug-likeness (QED) is 0.644. The van der Waals surface area contributed by atoms with E-state index >= 15 is 0 Å². The molecule has 0 amide bonds. The minimum atomic E-state index is -4.49. The minimum Gasteiger partial charge on any atom is -0.392 e. The Morgan fingerprint density at radius 1 is 1.55 bits per heavy atom. The van der Waals surface area contributed by atoms with Gasteiger partial charge in [-0.1, -0.05) is 6.42 Å². The van der Waals surface area contributed by atoms with E-state index in [-0.39, 0.29) is 5.92 Å². The molecule has 1 N–H and O–H groups in total. The molecule has 1 saturated carbocycles. The summed E-state index contributed by atoms with van der Waals surface area (Å²) < 4.78 is 32.1. The van der Waals surface area contributed by atoms with Gasteiger partial charge in [-0.05, 0) is 18.8 Å². The first-order chi connectivity index (χ1) is 4.99. The molecule has 0 aliphatic heterocycles. The monoisotopic (exact) mass is 182 g/mol. The fourth-order valence-corrected chi connectivity index (χ4v) is 1.84. The molecule has 0 aromatic rings. The molecule has 1 unspecified atom stereocenters. The highest BCUT2D eigenvalue weighted by atomic mass is 32.3. The Bertz CT molecular complexity index is 220. The van der Waals surface area contributed by atoms with Crippen molar-refractivity contribution in [3.8, 4) is 0 Å². The molecule has 1 rings (SSSR count). The molecule has 11 heavy (non-hydrogen) atoms. The number of rotatable bonds is 3. The summed E-state index contributed by atoms with van der Waals surface area (Å²) in [6.07, 6.45) is 1.64. The second kappa shape index (κ2) is 3.06. The van der Waals surface area contributed by atoms with E-state index in [0.717, 1.165) is 19.3 Å². The van der Waals surface area contributed by atoms with Crippen LogP contribution in [0, 0.1) is 5.92 Å². The number of aliphatic hydroxyl groups is 1. The molecule has 0 aromatic carbocycles. The predicted octanol–water partition coefficient (Wildman–Crippen LogP) is 0.447. The molecule has 3 nitrogen and oxygen atoms in total. The van der Waals surface area contributed by atoms with Crippen LogP contribution in [-0.2, 0) is 10.2 Å². The van der Waals surface area contributed by atoms with Gasteiger partial charge in [-0.25, -0.2) is 0 Å². The number of aliphatic hydroxyl groups excluding tert-OH is 1. The van der Waals surface area contributed by atoms with Gasteiger partial charge < -0.3 is 5.11 Å². The maximum Gasteiger partial charge on any atom is 0.304 e. The van der Waals surface area contributed by atoms with Crippen LogP contribution in [0.1, 0.15) is 19.3 Å². The molecule has 5 heteroatoms. The highest BCUT2D eigenvalue weighted by molar-refractivity contribution is 7.86. The van der Waals surface area contributed by atoms with E-state index in [9.17, 15) is 12.3 Å². The van der Waals surface area contributed by atoms with Crippen LogP contribution in [0.5, 0.6) is 0 Å². The predicted molar refractivity (Wildman–Crippen MR) is 38.2 cm³/mol. The Morgan fingerprint density at radius 3 is 2.36 bits per heavy atom. The van der Waals surface area contributed by atoms with Crippen molar-refractivity contribution in [2.75, 3.05) is 5.75 Å². The Labute approximate surface area is 65.4 Å². The van der Waals surface area contributed by atoms with Gasteiger partial charge >= 0.3 is 10.2 Å². The second-order valence-corrected chi connectivity index (χ2v) is 4.37. The van der Waals surface area contributed by atoms with Crippen molar-refractivity contribution >= 4 is 10.2 Å². The zero-order chi connectivity index (χ0) is 8.48. The summed E-state index contributed by atoms with van der Waals surface area (Å²) in [7, 11) is -4.49.